The number of carbonyl (C=O) groups excluding carboxylic acids is 2. The van der Waals surface area contributed by atoms with Gasteiger partial charge in [0.1, 0.15) is 5.75 Å². The highest BCUT2D eigenvalue weighted by atomic mass is 16.5. The number of methoxy groups -OCH3 is 1. The Kier molecular flexibility index (Phi) is 7.06. The SMILES string of the molecule is COc1ccccc1C(=O)NCCC(=O)N1CCC(Cc2ccccc2)CC1. The van der Waals surface area contributed by atoms with E-state index < -0.39 is 0 Å². The second kappa shape index (κ2) is 9.93. The molecule has 28 heavy (non-hydrogen) atoms. The van der Waals surface area contributed by atoms with Gasteiger partial charge in [0.25, 0.3) is 5.91 Å². The molecule has 0 aliphatic carbocycles. The van der Waals surface area contributed by atoms with E-state index in [2.05, 4.69) is 29.6 Å². The molecule has 0 spiro atoms. The molecule has 5 nitrogen and oxygen atoms in total. The summed E-state index contributed by atoms with van der Waals surface area (Å²) in [6, 6.07) is 17.6. The van der Waals surface area contributed by atoms with Crippen LogP contribution in [-0.2, 0) is 11.2 Å². The van der Waals surface area contributed by atoms with E-state index in [0.717, 1.165) is 32.4 Å². The Balaban J connectivity index is 1.39. The third-order valence-electron chi connectivity index (χ3n) is 5.31. The Morgan fingerprint density at radius 3 is 2.43 bits per heavy atom. The maximum atomic E-state index is 12.5. The topological polar surface area (TPSA) is 58.6 Å². The van der Waals surface area contributed by atoms with Crippen LogP contribution < -0.4 is 10.1 Å². The van der Waals surface area contributed by atoms with Crippen LogP contribution in [0.15, 0.2) is 54.6 Å². The van der Waals surface area contributed by atoms with Gasteiger partial charge >= 0.3 is 0 Å². The third kappa shape index (κ3) is 5.35. The Hall–Kier alpha value is -2.82. The van der Waals surface area contributed by atoms with E-state index in [1.165, 1.54) is 12.7 Å². The average Bonchev–Trinajstić information content (AvgIpc) is 2.74. The summed E-state index contributed by atoms with van der Waals surface area (Å²) in [5.74, 6) is 1.06. The van der Waals surface area contributed by atoms with Crippen molar-refractivity contribution in [3.8, 4) is 5.75 Å². The number of likely N-dealkylation sites (tertiary alicyclic amines) is 1. The number of nitrogens with zero attached hydrogens (tertiary/aromatic N) is 1. The van der Waals surface area contributed by atoms with Crippen molar-refractivity contribution in [2.75, 3.05) is 26.7 Å². The summed E-state index contributed by atoms with van der Waals surface area (Å²) in [7, 11) is 1.54. The number of carbonyl (C=O) groups is 2. The zero-order valence-electron chi connectivity index (χ0n) is 16.4. The highest BCUT2D eigenvalue weighted by Gasteiger charge is 2.23. The second-order valence-electron chi connectivity index (χ2n) is 7.22. The van der Waals surface area contributed by atoms with Crippen LogP contribution in [-0.4, -0.2) is 43.5 Å². The van der Waals surface area contributed by atoms with Crippen molar-refractivity contribution in [3.63, 3.8) is 0 Å². The number of piperidine rings is 1. The van der Waals surface area contributed by atoms with Gasteiger partial charge in [0, 0.05) is 26.1 Å². The number of benzene rings is 2. The largest absolute Gasteiger partial charge is 0.496 e. The normalized spacial score (nSPS) is 14.5. The second-order valence-corrected chi connectivity index (χ2v) is 7.22. The lowest BCUT2D eigenvalue weighted by Crippen LogP contribution is -2.40. The number of rotatable bonds is 7. The van der Waals surface area contributed by atoms with Crippen LogP contribution in [0.3, 0.4) is 0 Å². The van der Waals surface area contributed by atoms with Crippen molar-refractivity contribution in [2.45, 2.75) is 25.7 Å². The predicted molar refractivity (Wildman–Crippen MR) is 109 cm³/mol. The van der Waals surface area contributed by atoms with Gasteiger partial charge < -0.3 is 15.0 Å². The molecule has 148 valence electrons. The first-order chi connectivity index (χ1) is 13.7. The Morgan fingerprint density at radius 1 is 1.04 bits per heavy atom. The fourth-order valence-corrected chi connectivity index (χ4v) is 3.70. The molecule has 2 amide bonds. The quantitative estimate of drug-likeness (QED) is 0.802. The van der Waals surface area contributed by atoms with Crippen molar-refractivity contribution in [1.29, 1.82) is 0 Å². The minimum atomic E-state index is -0.216. The van der Waals surface area contributed by atoms with Crippen LogP contribution in [0.2, 0.25) is 0 Å². The molecule has 5 heteroatoms. The van der Waals surface area contributed by atoms with Gasteiger partial charge in [0.2, 0.25) is 5.91 Å². The summed E-state index contributed by atoms with van der Waals surface area (Å²) in [6.45, 7) is 1.94. The smallest absolute Gasteiger partial charge is 0.255 e. The highest BCUT2D eigenvalue weighted by Crippen LogP contribution is 2.22. The average molecular weight is 380 g/mol. The number of nitrogens with one attached hydrogen (secondary N) is 1. The Labute approximate surface area is 166 Å². The van der Waals surface area contributed by atoms with Gasteiger partial charge in [-0.15, -0.1) is 0 Å². The van der Waals surface area contributed by atoms with Crippen LogP contribution in [0.25, 0.3) is 0 Å². The fourth-order valence-electron chi connectivity index (χ4n) is 3.70. The number of hydrogen-bond donors (Lipinski definition) is 1. The van der Waals surface area contributed by atoms with Crippen molar-refractivity contribution < 1.29 is 14.3 Å². The summed E-state index contributed by atoms with van der Waals surface area (Å²) in [5.41, 5.74) is 1.85. The van der Waals surface area contributed by atoms with Crippen molar-refractivity contribution >= 4 is 11.8 Å². The molecular formula is C23H28N2O3. The van der Waals surface area contributed by atoms with E-state index in [4.69, 9.17) is 4.74 Å². The van der Waals surface area contributed by atoms with Gasteiger partial charge in [-0.1, -0.05) is 42.5 Å². The van der Waals surface area contributed by atoms with E-state index in [1.807, 2.05) is 17.0 Å². The number of amides is 2. The third-order valence-corrected chi connectivity index (χ3v) is 5.31. The van der Waals surface area contributed by atoms with Gasteiger partial charge in [0.15, 0.2) is 0 Å². The van der Waals surface area contributed by atoms with Crippen molar-refractivity contribution in [3.05, 3.63) is 65.7 Å². The summed E-state index contributed by atoms with van der Waals surface area (Å²) in [4.78, 5) is 26.7. The van der Waals surface area contributed by atoms with E-state index in [9.17, 15) is 9.59 Å². The molecule has 2 aromatic carbocycles. The molecule has 1 heterocycles. The molecule has 0 saturated carbocycles. The molecule has 1 saturated heterocycles. The minimum absolute atomic E-state index is 0.110. The summed E-state index contributed by atoms with van der Waals surface area (Å²) >= 11 is 0. The molecular weight excluding hydrogens is 352 g/mol. The molecule has 0 bridgehead atoms. The maximum absolute atomic E-state index is 12.5. The van der Waals surface area contributed by atoms with Crippen LogP contribution >= 0.6 is 0 Å². The number of ether oxygens (including phenoxy) is 1. The maximum Gasteiger partial charge on any atom is 0.255 e. The molecule has 0 unspecified atom stereocenters. The number of para-hydroxylation sites is 1. The monoisotopic (exact) mass is 380 g/mol. The van der Waals surface area contributed by atoms with Gasteiger partial charge in [0.05, 0.1) is 12.7 Å². The Morgan fingerprint density at radius 2 is 1.71 bits per heavy atom. The lowest BCUT2D eigenvalue weighted by Gasteiger charge is -2.32. The molecule has 1 fully saturated rings. The molecule has 1 aliphatic heterocycles. The van der Waals surface area contributed by atoms with Crippen molar-refractivity contribution in [2.24, 2.45) is 5.92 Å². The lowest BCUT2D eigenvalue weighted by molar-refractivity contribution is -0.132. The summed E-state index contributed by atoms with van der Waals surface area (Å²) in [6.07, 6.45) is 3.48. The number of hydrogen-bond acceptors (Lipinski definition) is 3. The zero-order chi connectivity index (χ0) is 19.8. The van der Waals surface area contributed by atoms with E-state index in [1.54, 1.807) is 18.2 Å². The van der Waals surface area contributed by atoms with Gasteiger partial charge in [-0.3, -0.25) is 9.59 Å². The minimum Gasteiger partial charge on any atom is -0.496 e. The Bertz CT molecular complexity index is 783. The first kappa shape index (κ1) is 19.9. The predicted octanol–water partition coefficient (Wildman–Crippen LogP) is 3.30. The van der Waals surface area contributed by atoms with Crippen LogP contribution in [0.5, 0.6) is 5.75 Å². The van der Waals surface area contributed by atoms with Gasteiger partial charge in [-0.25, -0.2) is 0 Å². The van der Waals surface area contributed by atoms with Gasteiger partial charge in [-0.05, 0) is 42.9 Å². The molecule has 0 radical (unpaired) electrons. The van der Waals surface area contributed by atoms with Crippen molar-refractivity contribution in [1.82, 2.24) is 10.2 Å². The van der Waals surface area contributed by atoms with E-state index >= 15 is 0 Å². The zero-order valence-corrected chi connectivity index (χ0v) is 16.4. The molecule has 0 atom stereocenters. The molecule has 2 aromatic rings. The molecule has 0 aromatic heterocycles. The van der Waals surface area contributed by atoms with Crippen LogP contribution in [0.1, 0.15) is 35.2 Å². The van der Waals surface area contributed by atoms with Crippen LogP contribution in [0, 0.1) is 5.92 Å². The molecule has 1 N–H and O–H groups in total. The summed E-state index contributed by atoms with van der Waals surface area (Å²) in [5, 5.41) is 2.82. The standard InChI is InChI=1S/C23H28N2O3/c1-28-21-10-6-5-9-20(21)23(27)24-14-11-22(26)25-15-12-19(13-16-25)17-18-7-3-2-4-8-18/h2-10,19H,11-17H2,1H3,(H,24,27). The first-order valence-corrected chi connectivity index (χ1v) is 9.90. The molecule has 3 rings (SSSR count). The lowest BCUT2D eigenvalue weighted by atomic mass is 9.90. The molecule has 1 aliphatic rings. The fraction of sp³-hybridized carbons (Fsp3) is 0.391. The van der Waals surface area contributed by atoms with E-state index in [-0.39, 0.29) is 11.8 Å². The van der Waals surface area contributed by atoms with Gasteiger partial charge in [-0.2, -0.15) is 0 Å². The van der Waals surface area contributed by atoms with E-state index in [0.29, 0.717) is 30.2 Å². The first-order valence-electron chi connectivity index (χ1n) is 9.90. The highest BCUT2D eigenvalue weighted by molar-refractivity contribution is 5.97. The summed E-state index contributed by atoms with van der Waals surface area (Å²) < 4.78 is 5.21. The van der Waals surface area contributed by atoms with Crippen LogP contribution in [0.4, 0.5) is 0 Å².